The Balaban J connectivity index is 1.66. The van der Waals surface area contributed by atoms with Gasteiger partial charge in [0.1, 0.15) is 11.4 Å². The molecule has 1 aromatic carbocycles. The Kier molecular flexibility index (Phi) is 4.22. The van der Waals surface area contributed by atoms with E-state index in [1.165, 1.54) is 6.42 Å². The third-order valence-electron chi connectivity index (χ3n) is 5.47. The summed E-state index contributed by atoms with van der Waals surface area (Å²) in [6, 6.07) is 2.03. The van der Waals surface area contributed by atoms with E-state index >= 15 is 0 Å². The van der Waals surface area contributed by atoms with Gasteiger partial charge in [-0.05, 0) is 45.3 Å². The van der Waals surface area contributed by atoms with Gasteiger partial charge < -0.3 is 14.9 Å². The van der Waals surface area contributed by atoms with Crippen molar-refractivity contribution in [2.45, 2.75) is 25.8 Å². The number of hydrogen-bond donors (Lipinski definition) is 1. The second-order valence-electron chi connectivity index (χ2n) is 7.19. The number of phenols is 1. The van der Waals surface area contributed by atoms with E-state index < -0.39 is 11.6 Å². The number of benzene rings is 1. The van der Waals surface area contributed by atoms with Crippen molar-refractivity contribution in [2.24, 2.45) is 5.92 Å². The van der Waals surface area contributed by atoms with E-state index in [2.05, 4.69) is 32.0 Å². The fourth-order valence-corrected chi connectivity index (χ4v) is 4.04. The molecule has 0 saturated carbocycles. The zero-order valence-electron chi connectivity index (χ0n) is 14.8. The third kappa shape index (κ3) is 2.88. The number of halogens is 2. The SMILES string of the molecule is Cc1nc(N2CC[C@@H]3CCN(C)C[C@@H]32)nnc1-c1cc(F)c(F)cc1O. The van der Waals surface area contributed by atoms with Gasteiger partial charge in [0.2, 0.25) is 5.95 Å². The number of likely N-dealkylation sites (tertiary alicyclic amines) is 1. The van der Waals surface area contributed by atoms with Crippen molar-refractivity contribution in [3.8, 4) is 17.0 Å². The van der Waals surface area contributed by atoms with Crippen LogP contribution in [-0.4, -0.2) is 57.9 Å². The van der Waals surface area contributed by atoms with Gasteiger partial charge in [0.25, 0.3) is 0 Å². The van der Waals surface area contributed by atoms with Crippen LogP contribution in [0.5, 0.6) is 5.75 Å². The number of likely N-dealkylation sites (N-methyl/N-ethyl adjacent to an activating group) is 1. The average molecular weight is 361 g/mol. The molecular weight excluding hydrogens is 340 g/mol. The van der Waals surface area contributed by atoms with Crippen molar-refractivity contribution >= 4 is 5.95 Å². The quantitative estimate of drug-likeness (QED) is 0.886. The van der Waals surface area contributed by atoms with Crippen LogP contribution in [0.25, 0.3) is 11.3 Å². The highest BCUT2D eigenvalue weighted by Crippen LogP contribution is 2.35. The largest absolute Gasteiger partial charge is 0.507 e. The van der Waals surface area contributed by atoms with Gasteiger partial charge in [-0.25, -0.2) is 13.8 Å². The second kappa shape index (κ2) is 6.42. The second-order valence-corrected chi connectivity index (χ2v) is 7.19. The van der Waals surface area contributed by atoms with Crippen LogP contribution in [0.4, 0.5) is 14.7 Å². The fourth-order valence-electron chi connectivity index (χ4n) is 4.04. The van der Waals surface area contributed by atoms with E-state index in [0.717, 1.165) is 38.2 Å². The van der Waals surface area contributed by atoms with Crippen LogP contribution >= 0.6 is 0 Å². The summed E-state index contributed by atoms with van der Waals surface area (Å²) < 4.78 is 26.8. The molecule has 2 aliphatic heterocycles. The Morgan fingerprint density at radius 3 is 2.62 bits per heavy atom. The van der Waals surface area contributed by atoms with Crippen molar-refractivity contribution in [3.05, 3.63) is 29.5 Å². The molecule has 138 valence electrons. The lowest BCUT2D eigenvalue weighted by Crippen LogP contribution is -2.47. The van der Waals surface area contributed by atoms with Gasteiger partial charge in [0.15, 0.2) is 11.6 Å². The maximum atomic E-state index is 13.6. The average Bonchev–Trinajstić information content (AvgIpc) is 3.01. The number of nitrogens with zero attached hydrogens (tertiary/aromatic N) is 5. The normalized spacial score (nSPS) is 23.3. The lowest BCUT2D eigenvalue weighted by atomic mass is 9.92. The number of aromatic hydroxyl groups is 1. The molecule has 2 aromatic rings. The Morgan fingerprint density at radius 2 is 1.85 bits per heavy atom. The summed E-state index contributed by atoms with van der Waals surface area (Å²) in [6.07, 6.45) is 2.29. The first-order valence-corrected chi connectivity index (χ1v) is 8.79. The first kappa shape index (κ1) is 17.1. The Hall–Kier alpha value is -2.35. The molecule has 6 nitrogen and oxygen atoms in total. The summed E-state index contributed by atoms with van der Waals surface area (Å²) in [5.74, 6) is -1.34. The van der Waals surface area contributed by atoms with E-state index in [1.54, 1.807) is 6.92 Å². The molecular formula is C18H21F2N5O. The van der Waals surface area contributed by atoms with E-state index in [0.29, 0.717) is 23.6 Å². The van der Waals surface area contributed by atoms with E-state index in [1.807, 2.05) is 0 Å². The molecule has 3 heterocycles. The van der Waals surface area contributed by atoms with Gasteiger partial charge in [-0.2, -0.15) is 0 Å². The molecule has 2 atom stereocenters. The van der Waals surface area contributed by atoms with E-state index in [9.17, 15) is 13.9 Å². The Bertz CT molecular complexity index is 847. The van der Waals surface area contributed by atoms with Crippen LogP contribution in [0.3, 0.4) is 0 Å². The standard InChI is InChI=1S/C18H21F2N5O/c1-10-17(12-7-13(19)14(20)8-16(12)26)22-23-18(21-10)25-6-4-11-3-5-24(2)9-15(11)25/h7-8,11,15,26H,3-6,9H2,1-2H3/t11-,15-/m0/s1. The zero-order chi connectivity index (χ0) is 18.4. The number of phenolic OH excluding ortho intramolecular Hbond substituents is 1. The van der Waals surface area contributed by atoms with E-state index in [-0.39, 0.29) is 17.0 Å². The molecule has 1 aromatic heterocycles. The zero-order valence-corrected chi connectivity index (χ0v) is 14.8. The first-order chi connectivity index (χ1) is 12.4. The van der Waals surface area contributed by atoms with Crippen LogP contribution in [0.15, 0.2) is 12.1 Å². The predicted molar refractivity (Wildman–Crippen MR) is 92.9 cm³/mol. The van der Waals surface area contributed by atoms with Gasteiger partial charge in [0.05, 0.1) is 5.69 Å². The van der Waals surface area contributed by atoms with Crippen molar-refractivity contribution in [2.75, 3.05) is 31.6 Å². The highest BCUT2D eigenvalue weighted by molar-refractivity contribution is 5.68. The first-order valence-electron chi connectivity index (χ1n) is 8.79. The summed E-state index contributed by atoms with van der Waals surface area (Å²) in [6.45, 7) is 4.70. The lowest BCUT2D eigenvalue weighted by molar-refractivity contribution is 0.207. The van der Waals surface area contributed by atoms with E-state index in [4.69, 9.17) is 0 Å². The number of fused-ring (bicyclic) bond motifs is 1. The number of hydrogen-bond acceptors (Lipinski definition) is 6. The van der Waals surface area contributed by atoms with Crippen molar-refractivity contribution in [1.29, 1.82) is 0 Å². The minimum Gasteiger partial charge on any atom is -0.507 e. The van der Waals surface area contributed by atoms with Gasteiger partial charge in [-0.1, -0.05) is 0 Å². The minimum absolute atomic E-state index is 0.0876. The number of aryl methyl sites for hydroxylation is 1. The molecule has 0 spiro atoms. The number of aromatic nitrogens is 3. The van der Waals surface area contributed by atoms with Gasteiger partial charge in [-0.3, -0.25) is 0 Å². The van der Waals surface area contributed by atoms with Gasteiger partial charge in [0, 0.05) is 30.8 Å². The maximum Gasteiger partial charge on any atom is 0.245 e. The summed E-state index contributed by atoms with van der Waals surface area (Å²) in [4.78, 5) is 9.05. The lowest BCUT2D eigenvalue weighted by Gasteiger charge is -2.36. The molecule has 0 amide bonds. The molecule has 2 saturated heterocycles. The highest BCUT2D eigenvalue weighted by Gasteiger charge is 2.39. The summed E-state index contributed by atoms with van der Waals surface area (Å²) in [5, 5.41) is 18.3. The number of anilines is 1. The highest BCUT2D eigenvalue weighted by atomic mass is 19.2. The molecule has 2 aliphatic rings. The Morgan fingerprint density at radius 1 is 1.12 bits per heavy atom. The molecule has 2 fully saturated rings. The van der Waals surface area contributed by atoms with Crippen LogP contribution < -0.4 is 4.90 Å². The summed E-state index contributed by atoms with van der Waals surface area (Å²) >= 11 is 0. The molecule has 26 heavy (non-hydrogen) atoms. The summed E-state index contributed by atoms with van der Waals surface area (Å²) in [7, 11) is 2.12. The molecule has 4 rings (SSSR count). The summed E-state index contributed by atoms with van der Waals surface area (Å²) in [5.41, 5.74) is 0.857. The van der Waals surface area contributed by atoms with Crippen LogP contribution in [0.1, 0.15) is 18.5 Å². The van der Waals surface area contributed by atoms with Crippen LogP contribution in [0, 0.1) is 24.5 Å². The smallest absolute Gasteiger partial charge is 0.245 e. The number of rotatable bonds is 2. The van der Waals surface area contributed by atoms with Gasteiger partial charge >= 0.3 is 0 Å². The molecule has 8 heteroatoms. The van der Waals surface area contributed by atoms with Crippen LogP contribution in [0.2, 0.25) is 0 Å². The van der Waals surface area contributed by atoms with Gasteiger partial charge in [-0.15, -0.1) is 10.2 Å². The number of piperidine rings is 1. The molecule has 1 N–H and O–H groups in total. The van der Waals surface area contributed by atoms with Crippen molar-refractivity contribution < 1.29 is 13.9 Å². The maximum absolute atomic E-state index is 13.6. The molecule has 0 bridgehead atoms. The minimum atomic E-state index is -1.11. The van der Waals surface area contributed by atoms with Crippen molar-refractivity contribution in [3.63, 3.8) is 0 Å². The Labute approximate surface area is 150 Å². The topological polar surface area (TPSA) is 65.4 Å². The fraction of sp³-hybridized carbons (Fsp3) is 0.500. The molecule has 0 unspecified atom stereocenters. The van der Waals surface area contributed by atoms with Crippen molar-refractivity contribution in [1.82, 2.24) is 20.1 Å². The predicted octanol–water partition coefficient (Wildman–Crippen LogP) is 2.36. The molecule has 0 aliphatic carbocycles. The third-order valence-corrected chi connectivity index (χ3v) is 5.47. The monoisotopic (exact) mass is 361 g/mol. The molecule has 0 radical (unpaired) electrons. The van der Waals surface area contributed by atoms with Crippen LogP contribution in [-0.2, 0) is 0 Å².